The van der Waals surface area contributed by atoms with Crippen LogP contribution in [0.25, 0.3) is 0 Å². The highest BCUT2D eigenvalue weighted by Crippen LogP contribution is 2.22. The fraction of sp³-hybridized carbons (Fsp3) is 0.650. The minimum absolute atomic E-state index is 0.126. The summed E-state index contributed by atoms with van der Waals surface area (Å²) in [5.74, 6) is 0.726. The Bertz CT molecular complexity index is 651. The first-order valence-electron chi connectivity index (χ1n) is 9.85. The molecule has 0 spiro atoms. The normalized spacial score (nSPS) is 18.8. The molecule has 0 atom stereocenters. The van der Waals surface area contributed by atoms with Crippen LogP contribution in [0.5, 0.6) is 0 Å². The van der Waals surface area contributed by atoms with Gasteiger partial charge in [-0.3, -0.25) is 14.4 Å². The number of aryl methyl sites for hydroxylation is 1. The summed E-state index contributed by atoms with van der Waals surface area (Å²) in [5.41, 5.74) is 0.843. The van der Waals surface area contributed by atoms with E-state index >= 15 is 0 Å². The first-order chi connectivity index (χ1) is 12.6. The number of rotatable bonds is 6. The maximum atomic E-state index is 12.4. The second-order valence-corrected chi connectivity index (χ2v) is 7.64. The van der Waals surface area contributed by atoms with Crippen molar-refractivity contribution in [2.45, 2.75) is 63.8 Å². The van der Waals surface area contributed by atoms with Crippen LogP contribution in [0.4, 0.5) is 0 Å². The third-order valence-electron chi connectivity index (χ3n) is 5.64. The number of H-pyrrole nitrogens is 1. The van der Waals surface area contributed by atoms with E-state index in [1.165, 1.54) is 18.9 Å². The van der Waals surface area contributed by atoms with Gasteiger partial charge >= 0.3 is 0 Å². The Labute approximate surface area is 154 Å². The van der Waals surface area contributed by atoms with Gasteiger partial charge in [0.15, 0.2) is 0 Å². The molecule has 0 bridgehead atoms. The van der Waals surface area contributed by atoms with Crippen molar-refractivity contribution < 1.29 is 9.59 Å². The summed E-state index contributed by atoms with van der Waals surface area (Å²) in [7, 11) is 0. The molecular formula is C20H29N3O3. The molecule has 6 nitrogen and oxygen atoms in total. The molecule has 0 unspecified atom stereocenters. The average molecular weight is 359 g/mol. The van der Waals surface area contributed by atoms with Gasteiger partial charge in [0.05, 0.1) is 0 Å². The van der Waals surface area contributed by atoms with Crippen LogP contribution >= 0.6 is 0 Å². The topological polar surface area (TPSA) is 82.3 Å². The van der Waals surface area contributed by atoms with Crippen molar-refractivity contribution >= 4 is 11.8 Å². The highest BCUT2D eigenvalue weighted by Gasteiger charge is 2.25. The number of nitrogens with one attached hydrogen (secondary N) is 2. The van der Waals surface area contributed by atoms with Crippen LogP contribution in [0.3, 0.4) is 0 Å². The maximum Gasteiger partial charge on any atom is 0.247 e. The zero-order valence-corrected chi connectivity index (χ0v) is 15.3. The molecule has 2 N–H and O–H groups in total. The third kappa shape index (κ3) is 5.44. The summed E-state index contributed by atoms with van der Waals surface area (Å²) < 4.78 is 0. The summed E-state index contributed by atoms with van der Waals surface area (Å²) in [6.45, 7) is 1.48. The van der Waals surface area contributed by atoms with E-state index in [1.54, 1.807) is 12.3 Å². The molecule has 142 valence electrons. The van der Waals surface area contributed by atoms with Gasteiger partial charge in [0.25, 0.3) is 0 Å². The lowest BCUT2D eigenvalue weighted by atomic mass is 9.92. The van der Waals surface area contributed by atoms with E-state index in [0.717, 1.165) is 44.3 Å². The van der Waals surface area contributed by atoms with Crippen molar-refractivity contribution in [3.8, 4) is 0 Å². The number of pyridine rings is 1. The van der Waals surface area contributed by atoms with Gasteiger partial charge in [-0.25, -0.2) is 0 Å². The highest BCUT2D eigenvalue weighted by atomic mass is 16.2. The molecule has 3 rings (SSSR count). The van der Waals surface area contributed by atoms with Crippen LogP contribution in [0, 0.1) is 5.92 Å². The van der Waals surface area contributed by atoms with Crippen LogP contribution < -0.4 is 10.9 Å². The number of carbonyl (C=O) groups excluding carboxylic acids is 2. The van der Waals surface area contributed by atoms with Crippen LogP contribution in [-0.2, 0) is 16.0 Å². The van der Waals surface area contributed by atoms with Gasteiger partial charge in [-0.1, -0.05) is 18.9 Å². The fourth-order valence-electron chi connectivity index (χ4n) is 4.01. The predicted octanol–water partition coefficient (Wildman–Crippen LogP) is 1.99. The lowest BCUT2D eigenvalue weighted by Crippen LogP contribution is -2.40. The van der Waals surface area contributed by atoms with Crippen LogP contribution in [0.15, 0.2) is 23.1 Å². The lowest BCUT2D eigenvalue weighted by molar-refractivity contribution is -0.132. The quantitative estimate of drug-likeness (QED) is 0.815. The molecule has 1 aliphatic carbocycles. The van der Waals surface area contributed by atoms with Gasteiger partial charge < -0.3 is 15.2 Å². The molecule has 0 radical (unpaired) electrons. The van der Waals surface area contributed by atoms with Crippen LogP contribution in [0.1, 0.15) is 56.9 Å². The molecule has 1 aromatic heterocycles. The Kier molecular flexibility index (Phi) is 6.47. The zero-order chi connectivity index (χ0) is 18.4. The van der Waals surface area contributed by atoms with Crippen molar-refractivity contribution in [3.63, 3.8) is 0 Å². The van der Waals surface area contributed by atoms with Crippen molar-refractivity contribution in [3.05, 3.63) is 34.2 Å². The van der Waals surface area contributed by atoms with Crippen molar-refractivity contribution in [2.24, 2.45) is 5.92 Å². The molecule has 1 aliphatic heterocycles. The molecule has 1 saturated carbocycles. The smallest absolute Gasteiger partial charge is 0.247 e. The number of nitrogens with zero attached hydrogens (tertiary/aromatic N) is 1. The van der Waals surface area contributed by atoms with Gasteiger partial charge in [-0.05, 0) is 43.6 Å². The van der Waals surface area contributed by atoms with E-state index in [0.29, 0.717) is 31.2 Å². The van der Waals surface area contributed by atoms with E-state index in [1.807, 2.05) is 4.90 Å². The Morgan fingerprint density at radius 3 is 2.50 bits per heavy atom. The Morgan fingerprint density at radius 1 is 1.12 bits per heavy atom. The zero-order valence-electron chi connectivity index (χ0n) is 15.3. The molecule has 1 aromatic rings. The van der Waals surface area contributed by atoms with Gasteiger partial charge in [0, 0.05) is 44.2 Å². The minimum Gasteiger partial charge on any atom is -0.353 e. The second-order valence-electron chi connectivity index (χ2n) is 7.64. The number of piperidine rings is 1. The summed E-state index contributed by atoms with van der Waals surface area (Å²) in [5, 5.41) is 3.16. The molecular weight excluding hydrogens is 330 g/mol. The standard InChI is InChI=1S/C20H29N3O3/c24-18-7-5-16(14-21-18)6-8-20(26)23-11-9-15(10-12-23)13-19(25)22-17-3-1-2-4-17/h5,7,14-15,17H,1-4,6,8-13H2,(H,21,24)(H,22,25). The maximum absolute atomic E-state index is 12.4. The van der Waals surface area contributed by atoms with E-state index < -0.39 is 0 Å². The molecule has 6 heteroatoms. The Balaban J connectivity index is 1.35. The van der Waals surface area contributed by atoms with Crippen LogP contribution in [-0.4, -0.2) is 40.8 Å². The van der Waals surface area contributed by atoms with Gasteiger partial charge in [0.2, 0.25) is 17.4 Å². The minimum atomic E-state index is -0.126. The van der Waals surface area contributed by atoms with Crippen molar-refractivity contribution in [2.75, 3.05) is 13.1 Å². The molecule has 1 saturated heterocycles. The SMILES string of the molecule is O=C(CC1CCN(C(=O)CCc2ccc(=O)[nH]c2)CC1)NC1CCCC1. The largest absolute Gasteiger partial charge is 0.353 e. The number of likely N-dealkylation sites (tertiary alicyclic amines) is 1. The fourth-order valence-corrected chi connectivity index (χ4v) is 4.01. The predicted molar refractivity (Wildman–Crippen MR) is 99.7 cm³/mol. The first kappa shape index (κ1) is 18.7. The van der Waals surface area contributed by atoms with Gasteiger partial charge in [-0.2, -0.15) is 0 Å². The molecule has 2 heterocycles. The van der Waals surface area contributed by atoms with E-state index in [9.17, 15) is 14.4 Å². The summed E-state index contributed by atoms with van der Waals surface area (Å²) in [6, 6.07) is 3.64. The molecule has 0 aromatic carbocycles. The molecule has 26 heavy (non-hydrogen) atoms. The lowest BCUT2D eigenvalue weighted by Gasteiger charge is -2.32. The highest BCUT2D eigenvalue weighted by molar-refractivity contribution is 5.77. The average Bonchev–Trinajstić information content (AvgIpc) is 3.14. The number of carbonyl (C=O) groups is 2. The molecule has 2 amide bonds. The van der Waals surface area contributed by atoms with Crippen molar-refractivity contribution in [1.29, 1.82) is 0 Å². The first-order valence-corrected chi connectivity index (χ1v) is 9.85. The third-order valence-corrected chi connectivity index (χ3v) is 5.64. The monoisotopic (exact) mass is 359 g/mol. The summed E-state index contributed by atoms with van der Waals surface area (Å²) in [6.07, 6.45) is 9.86. The Morgan fingerprint density at radius 2 is 1.85 bits per heavy atom. The number of hydrogen-bond donors (Lipinski definition) is 2. The number of aromatic nitrogens is 1. The van der Waals surface area contributed by atoms with Crippen molar-refractivity contribution in [1.82, 2.24) is 15.2 Å². The number of aromatic amines is 1. The summed E-state index contributed by atoms with van der Waals surface area (Å²) >= 11 is 0. The van der Waals surface area contributed by atoms with E-state index in [2.05, 4.69) is 10.3 Å². The van der Waals surface area contributed by atoms with Gasteiger partial charge in [-0.15, -0.1) is 0 Å². The second kappa shape index (κ2) is 9.01. The molecule has 2 fully saturated rings. The van der Waals surface area contributed by atoms with Gasteiger partial charge in [0.1, 0.15) is 0 Å². The Hall–Kier alpha value is -2.11. The number of hydrogen-bond acceptors (Lipinski definition) is 3. The summed E-state index contributed by atoms with van der Waals surface area (Å²) in [4.78, 5) is 40.1. The van der Waals surface area contributed by atoms with E-state index in [-0.39, 0.29) is 17.4 Å². The van der Waals surface area contributed by atoms with E-state index in [4.69, 9.17) is 0 Å². The van der Waals surface area contributed by atoms with Crippen LogP contribution in [0.2, 0.25) is 0 Å². The number of amides is 2. The molecule has 2 aliphatic rings.